The quantitative estimate of drug-likeness (QED) is 0.322. The number of fused-ring (bicyclic) bond motifs is 1. The van der Waals surface area contributed by atoms with Crippen LogP contribution in [-0.2, 0) is 6.54 Å². The number of rotatable bonds is 7. The van der Waals surface area contributed by atoms with Crippen LogP contribution in [0, 0.1) is 0 Å². The highest BCUT2D eigenvalue weighted by atomic mass is 79.9. The summed E-state index contributed by atoms with van der Waals surface area (Å²) in [6.07, 6.45) is -0.347. The van der Waals surface area contributed by atoms with E-state index in [1.165, 1.54) is 24.5 Å². The zero-order chi connectivity index (χ0) is 24.4. The Kier molecular flexibility index (Phi) is 6.90. The number of hydrogen-bond acceptors (Lipinski definition) is 5. The van der Waals surface area contributed by atoms with E-state index < -0.39 is 23.8 Å². The summed E-state index contributed by atoms with van der Waals surface area (Å²) in [6, 6.07) is 11.0. The molecule has 0 saturated carbocycles. The number of aromatic carboxylic acids is 1. The van der Waals surface area contributed by atoms with E-state index in [4.69, 9.17) is 16.3 Å². The Morgan fingerprint density at radius 1 is 1.21 bits per heavy atom. The predicted molar refractivity (Wildman–Crippen MR) is 126 cm³/mol. The lowest BCUT2D eigenvalue weighted by Gasteiger charge is -2.16. The van der Waals surface area contributed by atoms with E-state index in [0.717, 1.165) is 4.57 Å². The molecule has 0 radical (unpaired) electrons. The number of aromatic nitrogens is 3. The topological polar surface area (TPSA) is 94.3 Å². The molecule has 0 spiro atoms. The third kappa shape index (κ3) is 4.78. The van der Waals surface area contributed by atoms with E-state index in [0.29, 0.717) is 26.4 Å². The maximum Gasteiger partial charge on any atom is 0.335 e. The van der Waals surface area contributed by atoms with Crippen LogP contribution in [-0.4, -0.2) is 32.2 Å². The third-order valence-electron chi connectivity index (χ3n) is 4.98. The van der Waals surface area contributed by atoms with Crippen LogP contribution in [0.5, 0.6) is 5.75 Å². The van der Waals surface area contributed by atoms with Gasteiger partial charge in [0.15, 0.2) is 5.82 Å². The fourth-order valence-corrected chi connectivity index (χ4v) is 4.11. The first-order valence-electron chi connectivity index (χ1n) is 9.84. The Hall–Kier alpha value is -3.37. The molecule has 0 aliphatic carbocycles. The largest absolute Gasteiger partial charge is 0.491 e. The van der Waals surface area contributed by atoms with Crippen molar-refractivity contribution < 1.29 is 23.4 Å². The van der Waals surface area contributed by atoms with Crippen LogP contribution >= 0.6 is 27.5 Å². The standard InChI is InChI=1S/C23H15BrClF2N3O4/c24-16-10-28-11-17-19(16)22(31)30(21(29-17)20(26)27)6-7-34-18-5-4-14(25)9-15(18)12-2-1-3-13(8-12)23(32)33/h1-5,8-11,20H,6-7H2,(H,32,33). The number of ether oxygens (including phenoxy) is 1. The first kappa shape index (κ1) is 23.8. The van der Waals surface area contributed by atoms with Crippen molar-refractivity contribution in [3.63, 3.8) is 0 Å². The van der Waals surface area contributed by atoms with E-state index in [1.54, 1.807) is 30.3 Å². The number of carbonyl (C=O) groups is 1. The van der Waals surface area contributed by atoms with Crippen LogP contribution in [0.3, 0.4) is 0 Å². The Morgan fingerprint density at radius 3 is 2.74 bits per heavy atom. The predicted octanol–water partition coefficient (Wildman–Crippen LogP) is 5.59. The summed E-state index contributed by atoms with van der Waals surface area (Å²) < 4.78 is 34.4. The average Bonchev–Trinajstić information content (AvgIpc) is 2.81. The molecule has 0 aliphatic heterocycles. The molecule has 0 atom stereocenters. The summed E-state index contributed by atoms with van der Waals surface area (Å²) in [5.74, 6) is -1.43. The van der Waals surface area contributed by atoms with E-state index >= 15 is 0 Å². The first-order chi connectivity index (χ1) is 16.3. The first-order valence-corrected chi connectivity index (χ1v) is 11.0. The van der Waals surface area contributed by atoms with Gasteiger partial charge in [0.2, 0.25) is 0 Å². The Balaban J connectivity index is 1.66. The van der Waals surface area contributed by atoms with Crippen LogP contribution in [0.25, 0.3) is 22.0 Å². The molecule has 4 rings (SSSR count). The maximum absolute atomic E-state index is 13.7. The number of carboxylic acids is 1. The lowest BCUT2D eigenvalue weighted by molar-refractivity contribution is 0.0697. The zero-order valence-corrected chi connectivity index (χ0v) is 19.6. The molecule has 4 aromatic rings. The lowest BCUT2D eigenvalue weighted by Crippen LogP contribution is -2.28. The second kappa shape index (κ2) is 9.86. The molecule has 11 heteroatoms. The van der Waals surface area contributed by atoms with Gasteiger partial charge in [-0.1, -0.05) is 23.7 Å². The van der Waals surface area contributed by atoms with Gasteiger partial charge in [0, 0.05) is 16.8 Å². The lowest BCUT2D eigenvalue weighted by atomic mass is 10.0. The third-order valence-corrected chi connectivity index (χ3v) is 5.82. The van der Waals surface area contributed by atoms with Gasteiger partial charge in [-0.2, -0.15) is 0 Å². The Bertz CT molecular complexity index is 1460. The molecule has 34 heavy (non-hydrogen) atoms. The fourth-order valence-electron chi connectivity index (χ4n) is 3.45. The molecule has 1 N–H and O–H groups in total. The van der Waals surface area contributed by atoms with E-state index in [1.807, 2.05) is 0 Å². The molecule has 2 heterocycles. The van der Waals surface area contributed by atoms with Crippen molar-refractivity contribution in [3.8, 4) is 16.9 Å². The van der Waals surface area contributed by atoms with Crippen LogP contribution in [0.15, 0.2) is 64.1 Å². The summed E-state index contributed by atoms with van der Waals surface area (Å²) >= 11 is 9.34. The molecular weight excluding hydrogens is 536 g/mol. The van der Waals surface area contributed by atoms with Gasteiger partial charge in [-0.25, -0.2) is 18.6 Å². The second-order valence-electron chi connectivity index (χ2n) is 7.12. The summed E-state index contributed by atoms with van der Waals surface area (Å²) in [5.41, 5.74) is 0.557. The average molecular weight is 551 g/mol. The highest BCUT2D eigenvalue weighted by Crippen LogP contribution is 2.33. The van der Waals surface area contributed by atoms with Crippen LogP contribution in [0.2, 0.25) is 5.02 Å². The molecule has 0 saturated heterocycles. The van der Waals surface area contributed by atoms with Crippen molar-refractivity contribution in [1.82, 2.24) is 14.5 Å². The van der Waals surface area contributed by atoms with Gasteiger partial charge >= 0.3 is 5.97 Å². The van der Waals surface area contributed by atoms with Gasteiger partial charge in [0.05, 0.1) is 33.7 Å². The summed E-state index contributed by atoms with van der Waals surface area (Å²) in [4.78, 5) is 32.1. The molecule has 174 valence electrons. The van der Waals surface area contributed by atoms with E-state index in [9.17, 15) is 23.5 Å². The van der Waals surface area contributed by atoms with Crippen LogP contribution < -0.4 is 10.3 Å². The number of halogens is 4. The van der Waals surface area contributed by atoms with Gasteiger partial charge in [0.25, 0.3) is 12.0 Å². The normalized spacial score (nSPS) is 11.2. The second-order valence-corrected chi connectivity index (χ2v) is 8.41. The monoisotopic (exact) mass is 549 g/mol. The van der Waals surface area contributed by atoms with Gasteiger partial charge in [-0.3, -0.25) is 14.3 Å². The molecular formula is C23H15BrClF2N3O4. The molecule has 0 amide bonds. The zero-order valence-electron chi connectivity index (χ0n) is 17.2. The van der Waals surface area contributed by atoms with Crippen molar-refractivity contribution >= 4 is 44.4 Å². The Labute approximate surface area is 204 Å². The van der Waals surface area contributed by atoms with Crippen molar-refractivity contribution in [2.24, 2.45) is 0 Å². The summed E-state index contributed by atoms with van der Waals surface area (Å²) in [6.45, 7) is -0.337. The summed E-state index contributed by atoms with van der Waals surface area (Å²) in [7, 11) is 0. The minimum absolute atomic E-state index is 0.0603. The number of hydrogen-bond donors (Lipinski definition) is 1. The minimum atomic E-state index is -2.99. The molecule has 0 unspecified atom stereocenters. The number of nitrogens with zero attached hydrogens (tertiary/aromatic N) is 3. The van der Waals surface area contributed by atoms with E-state index in [2.05, 4.69) is 25.9 Å². The fraction of sp³-hybridized carbons (Fsp3) is 0.130. The minimum Gasteiger partial charge on any atom is -0.491 e. The van der Waals surface area contributed by atoms with Gasteiger partial charge in [-0.15, -0.1) is 0 Å². The molecule has 0 fully saturated rings. The molecule has 7 nitrogen and oxygen atoms in total. The number of benzene rings is 2. The smallest absolute Gasteiger partial charge is 0.335 e. The molecule has 0 aliphatic rings. The van der Waals surface area contributed by atoms with Gasteiger partial charge < -0.3 is 9.84 Å². The van der Waals surface area contributed by atoms with E-state index in [-0.39, 0.29) is 29.6 Å². The maximum atomic E-state index is 13.7. The number of carboxylic acid groups (broad SMARTS) is 1. The van der Waals surface area contributed by atoms with Crippen molar-refractivity contribution in [3.05, 3.63) is 86.1 Å². The van der Waals surface area contributed by atoms with Crippen molar-refractivity contribution in [2.45, 2.75) is 13.0 Å². The highest BCUT2D eigenvalue weighted by Gasteiger charge is 2.20. The van der Waals surface area contributed by atoms with Crippen molar-refractivity contribution in [1.29, 1.82) is 0 Å². The Morgan fingerprint density at radius 2 is 2.00 bits per heavy atom. The number of alkyl halides is 2. The van der Waals surface area contributed by atoms with Crippen molar-refractivity contribution in [2.75, 3.05) is 6.61 Å². The van der Waals surface area contributed by atoms with Crippen LogP contribution in [0.1, 0.15) is 22.6 Å². The SMILES string of the molecule is O=C(O)c1cccc(-c2cc(Cl)ccc2OCCn2c(C(F)F)nc3cncc(Br)c3c2=O)c1. The van der Waals surface area contributed by atoms with Gasteiger partial charge in [0.1, 0.15) is 12.4 Å². The molecule has 2 aromatic heterocycles. The van der Waals surface area contributed by atoms with Crippen LogP contribution in [0.4, 0.5) is 8.78 Å². The number of pyridine rings is 1. The highest BCUT2D eigenvalue weighted by molar-refractivity contribution is 9.10. The molecule has 0 bridgehead atoms. The molecule has 2 aromatic carbocycles. The van der Waals surface area contributed by atoms with Gasteiger partial charge in [-0.05, 0) is 51.8 Å². The summed E-state index contributed by atoms with van der Waals surface area (Å²) in [5, 5.41) is 9.81.